The molecule has 2 aromatic heterocycles. The molecule has 2 aromatic rings. The summed E-state index contributed by atoms with van der Waals surface area (Å²) in [6.07, 6.45) is 4.12. The molecule has 1 aliphatic carbocycles. The molecule has 1 unspecified atom stereocenters. The number of carbonyl (C=O) groups is 1. The first-order valence-corrected chi connectivity index (χ1v) is 8.31. The summed E-state index contributed by atoms with van der Waals surface area (Å²) in [4.78, 5) is 17.3. The first-order chi connectivity index (χ1) is 11.0. The van der Waals surface area contributed by atoms with Gasteiger partial charge in [0.05, 0.1) is 23.3 Å². The molecule has 1 amide bonds. The third-order valence-corrected chi connectivity index (χ3v) is 4.16. The maximum atomic E-state index is 12.6. The van der Waals surface area contributed by atoms with Gasteiger partial charge in [0.25, 0.3) is 5.91 Å². The average Bonchev–Trinajstić information content (AvgIpc) is 3.24. The molecule has 0 radical (unpaired) electrons. The highest BCUT2D eigenvalue weighted by Crippen LogP contribution is 2.40. The predicted molar refractivity (Wildman–Crippen MR) is 88.5 cm³/mol. The third kappa shape index (κ3) is 3.37. The van der Waals surface area contributed by atoms with Crippen LogP contribution in [0.25, 0.3) is 11.0 Å². The second-order valence-corrected chi connectivity index (χ2v) is 6.68. The van der Waals surface area contributed by atoms with Gasteiger partial charge in [0.1, 0.15) is 0 Å². The number of aliphatic hydroxyl groups is 1. The van der Waals surface area contributed by atoms with Crippen LogP contribution in [0.2, 0.25) is 0 Å². The van der Waals surface area contributed by atoms with Crippen LogP contribution < -0.4 is 5.32 Å². The lowest BCUT2D eigenvalue weighted by molar-refractivity contribution is 0.0947. The second kappa shape index (κ2) is 6.28. The Morgan fingerprint density at radius 1 is 1.43 bits per heavy atom. The van der Waals surface area contributed by atoms with Crippen LogP contribution in [0.3, 0.4) is 0 Å². The molecule has 0 bridgehead atoms. The molecule has 0 spiro atoms. The molecule has 0 aromatic carbocycles. The average molecular weight is 316 g/mol. The molecule has 2 N–H and O–H groups in total. The van der Waals surface area contributed by atoms with Crippen molar-refractivity contribution < 1.29 is 9.90 Å². The van der Waals surface area contributed by atoms with Gasteiger partial charge in [-0.15, -0.1) is 0 Å². The van der Waals surface area contributed by atoms with Crippen molar-refractivity contribution in [2.24, 2.45) is 0 Å². The zero-order valence-corrected chi connectivity index (χ0v) is 13.9. The van der Waals surface area contributed by atoms with Crippen molar-refractivity contribution in [3.05, 3.63) is 23.5 Å². The molecule has 0 aliphatic heterocycles. The zero-order valence-electron chi connectivity index (χ0n) is 13.9. The van der Waals surface area contributed by atoms with Gasteiger partial charge in [-0.3, -0.25) is 4.79 Å². The van der Waals surface area contributed by atoms with Crippen LogP contribution in [0.15, 0.2) is 12.3 Å². The van der Waals surface area contributed by atoms with Crippen molar-refractivity contribution in [2.75, 3.05) is 6.54 Å². The van der Waals surface area contributed by atoms with E-state index in [-0.39, 0.29) is 11.9 Å². The minimum Gasteiger partial charge on any atom is -0.393 e. The van der Waals surface area contributed by atoms with Crippen LogP contribution in [-0.4, -0.2) is 38.4 Å². The highest BCUT2D eigenvalue weighted by atomic mass is 16.3. The summed E-state index contributed by atoms with van der Waals surface area (Å²) in [5.41, 5.74) is 2.40. The number of amides is 1. The van der Waals surface area contributed by atoms with E-state index in [0.717, 1.165) is 29.6 Å². The van der Waals surface area contributed by atoms with E-state index in [9.17, 15) is 9.90 Å². The molecule has 1 aliphatic rings. The lowest BCUT2D eigenvalue weighted by Gasteiger charge is -2.11. The third-order valence-electron chi connectivity index (χ3n) is 4.16. The first-order valence-electron chi connectivity index (χ1n) is 8.31. The fourth-order valence-electron chi connectivity index (χ4n) is 2.68. The van der Waals surface area contributed by atoms with E-state index in [0.29, 0.717) is 24.4 Å². The van der Waals surface area contributed by atoms with Crippen molar-refractivity contribution in [1.29, 1.82) is 0 Å². The Hall–Kier alpha value is -1.95. The Morgan fingerprint density at radius 2 is 2.17 bits per heavy atom. The Morgan fingerprint density at radius 3 is 2.78 bits per heavy atom. The second-order valence-electron chi connectivity index (χ2n) is 6.68. The maximum Gasteiger partial charge on any atom is 0.252 e. The van der Waals surface area contributed by atoms with Crippen molar-refractivity contribution in [3.63, 3.8) is 0 Å². The highest BCUT2D eigenvalue weighted by Gasteiger charge is 2.28. The van der Waals surface area contributed by atoms with Gasteiger partial charge in [0.15, 0.2) is 5.65 Å². The van der Waals surface area contributed by atoms with Gasteiger partial charge < -0.3 is 10.4 Å². The SMILES string of the molecule is CC(O)CCNC(=O)c1cc(C2CC2)nc2c1cnn2C(C)C. The Balaban J connectivity index is 1.96. The molecule has 1 atom stereocenters. The number of carbonyl (C=O) groups excluding carboxylic acids is 1. The van der Waals surface area contributed by atoms with Crippen LogP contribution in [0.5, 0.6) is 0 Å². The number of pyridine rings is 1. The van der Waals surface area contributed by atoms with Gasteiger partial charge in [-0.25, -0.2) is 9.67 Å². The normalized spacial score (nSPS) is 16.0. The van der Waals surface area contributed by atoms with Crippen molar-refractivity contribution in [1.82, 2.24) is 20.1 Å². The number of nitrogens with zero attached hydrogens (tertiary/aromatic N) is 3. The fraction of sp³-hybridized carbons (Fsp3) is 0.588. The lowest BCUT2D eigenvalue weighted by atomic mass is 10.1. The summed E-state index contributed by atoms with van der Waals surface area (Å²) in [6, 6.07) is 2.10. The first kappa shape index (κ1) is 15.9. The Bertz CT molecular complexity index is 717. The molecule has 3 rings (SSSR count). The smallest absolute Gasteiger partial charge is 0.252 e. The van der Waals surface area contributed by atoms with Crippen LogP contribution in [-0.2, 0) is 0 Å². The summed E-state index contributed by atoms with van der Waals surface area (Å²) in [5, 5.41) is 17.4. The molecule has 6 heteroatoms. The minimum absolute atomic E-state index is 0.122. The quantitative estimate of drug-likeness (QED) is 0.857. The molecule has 1 saturated carbocycles. The summed E-state index contributed by atoms with van der Waals surface area (Å²) in [5.74, 6) is 0.349. The van der Waals surface area contributed by atoms with Crippen molar-refractivity contribution >= 4 is 16.9 Å². The van der Waals surface area contributed by atoms with Gasteiger partial charge in [0.2, 0.25) is 0 Å². The molecular formula is C17H24N4O2. The largest absolute Gasteiger partial charge is 0.393 e. The number of rotatable bonds is 6. The Kier molecular flexibility index (Phi) is 4.35. The van der Waals surface area contributed by atoms with Gasteiger partial charge in [0, 0.05) is 24.2 Å². The summed E-state index contributed by atoms with van der Waals surface area (Å²) >= 11 is 0. The zero-order chi connectivity index (χ0) is 16.6. The molecule has 23 heavy (non-hydrogen) atoms. The number of fused-ring (bicyclic) bond motifs is 1. The van der Waals surface area contributed by atoms with Crippen LogP contribution in [0.1, 0.15) is 68.0 Å². The van der Waals surface area contributed by atoms with E-state index in [1.807, 2.05) is 10.7 Å². The Labute approximate surface area is 135 Å². The topological polar surface area (TPSA) is 80.0 Å². The molecule has 6 nitrogen and oxygen atoms in total. The number of aliphatic hydroxyl groups excluding tert-OH is 1. The van der Waals surface area contributed by atoms with Crippen molar-refractivity contribution in [3.8, 4) is 0 Å². The summed E-state index contributed by atoms with van der Waals surface area (Å²) < 4.78 is 1.87. The van der Waals surface area contributed by atoms with Crippen molar-refractivity contribution in [2.45, 2.75) is 58.1 Å². The number of nitrogens with one attached hydrogen (secondary N) is 1. The van der Waals surface area contributed by atoms with Crippen LogP contribution in [0, 0.1) is 0 Å². The molecule has 124 valence electrons. The number of aromatic nitrogens is 3. The number of hydrogen-bond acceptors (Lipinski definition) is 4. The van der Waals surface area contributed by atoms with E-state index >= 15 is 0 Å². The number of hydrogen-bond donors (Lipinski definition) is 2. The molecule has 2 heterocycles. The van der Waals surface area contributed by atoms with Gasteiger partial charge in [-0.05, 0) is 46.1 Å². The molecule has 1 fully saturated rings. The van der Waals surface area contributed by atoms with E-state index in [4.69, 9.17) is 4.98 Å². The summed E-state index contributed by atoms with van der Waals surface area (Å²) in [6.45, 7) is 6.28. The predicted octanol–water partition coefficient (Wildman–Crippen LogP) is 2.39. The maximum absolute atomic E-state index is 12.6. The summed E-state index contributed by atoms with van der Waals surface area (Å²) in [7, 11) is 0. The van der Waals surface area contributed by atoms with E-state index in [2.05, 4.69) is 24.3 Å². The van der Waals surface area contributed by atoms with Gasteiger partial charge >= 0.3 is 0 Å². The fourth-order valence-corrected chi connectivity index (χ4v) is 2.68. The molecular weight excluding hydrogens is 292 g/mol. The molecule has 0 saturated heterocycles. The minimum atomic E-state index is -0.418. The van der Waals surface area contributed by atoms with Crippen LogP contribution >= 0.6 is 0 Å². The van der Waals surface area contributed by atoms with E-state index in [1.54, 1.807) is 13.1 Å². The van der Waals surface area contributed by atoms with E-state index in [1.165, 1.54) is 0 Å². The standard InChI is InChI=1S/C17H24N4O2/c1-10(2)21-16-14(9-19-21)13(8-15(20-16)12-4-5-12)17(23)18-7-6-11(3)22/h8-12,22H,4-7H2,1-3H3,(H,18,23). The van der Waals surface area contributed by atoms with Gasteiger partial charge in [-0.1, -0.05) is 0 Å². The van der Waals surface area contributed by atoms with Gasteiger partial charge in [-0.2, -0.15) is 5.10 Å². The van der Waals surface area contributed by atoms with E-state index < -0.39 is 6.10 Å². The lowest BCUT2D eigenvalue weighted by Crippen LogP contribution is -2.27. The highest BCUT2D eigenvalue weighted by molar-refractivity contribution is 6.05. The van der Waals surface area contributed by atoms with Crippen LogP contribution in [0.4, 0.5) is 0 Å². The monoisotopic (exact) mass is 316 g/mol.